The van der Waals surface area contributed by atoms with Crippen molar-refractivity contribution in [2.75, 3.05) is 11.9 Å². The highest BCUT2D eigenvalue weighted by molar-refractivity contribution is 5.41. The summed E-state index contributed by atoms with van der Waals surface area (Å²) in [5.74, 6) is 1.85. The summed E-state index contributed by atoms with van der Waals surface area (Å²) in [6.07, 6.45) is 1.15. The summed E-state index contributed by atoms with van der Waals surface area (Å²) in [5, 5.41) is 8.25. The third-order valence-corrected chi connectivity index (χ3v) is 3.50. The SMILES string of the molecule is CCC1C(C)CNc2cc(C(C)(C)C)nn21. The molecule has 16 heavy (non-hydrogen) atoms. The molecule has 0 radical (unpaired) electrons. The van der Waals surface area contributed by atoms with E-state index in [9.17, 15) is 0 Å². The predicted octanol–water partition coefficient (Wildman–Crippen LogP) is 3.19. The molecule has 0 fully saturated rings. The molecule has 2 unspecified atom stereocenters. The summed E-state index contributed by atoms with van der Waals surface area (Å²) >= 11 is 0. The first-order chi connectivity index (χ1) is 7.43. The van der Waals surface area contributed by atoms with Crippen molar-refractivity contribution in [2.45, 2.75) is 52.5 Å². The fourth-order valence-electron chi connectivity index (χ4n) is 2.36. The Balaban J connectivity index is 2.40. The zero-order valence-corrected chi connectivity index (χ0v) is 11.0. The van der Waals surface area contributed by atoms with Gasteiger partial charge in [-0.05, 0) is 12.3 Å². The second-order valence-electron chi connectivity index (χ2n) is 5.94. The molecule has 0 spiro atoms. The molecule has 0 saturated heterocycles. The zero-order chi connectivity index (χ0) is 11.9. The molecule has 1 aromatic heterocycles. The number of nitrogens with one attached hydrogen (secondary N) is 1. The zero-order valence-electron chi connectivity index (χ0n) is 11.0. The first kappa shape index (κ1) is 11.5. The molecule has 3 nitrogen and oxygen atoms in total. The van der Waals surface area contributed by atoms with E-state index >= 15 is 0 Å². The lowest BCUT2D eigenvalue weighted by Crippen LogP contribution is -2.31. The molecule has 1 aliphatic heterocycles. The van der Waals surface area contributed by atoms with Crippen molar-refractivity contribution in [3.8, 4) is 0 Å². The Morgan fingerprint density at radius 3 is 2.75 bits per heavy atom. The lowest BCUT2D eigenvalue weighted by molar-refractivity contribution is 0.309. The summed E-state index contributed by atoms with van der Waals surface area (Å²) in [5.41, 5.74) is 1.32. The quantitative estimate of drug-likeness (QED) is 0.789. The minimum atomic E-state index is 0.132. The molecule has 3 heteroatoms. The van der Waals surface area contributed by atoms with E-state index in [-0.39, 0.29) is 5.41 Å². The van der Waals surface area contributed by atoms with Crippen LogP contribution in [0.2, 0.25) is 0 Å². The number of hydrogen-bond donors (Lipinski definition) is 1. The number of nitrogens with zero attached hydrogens (tertiary/aromatic N) is 2. The average Bonchev–Trinajstić information content (AvgIpc) is 2.60. The molecule has 0 saturated carbocycles. The van der Waals surface area contributed by atoms with Crippen LogP contribution < -0.4 is 5.32 Å². The predicted molar refractivity (Wildman–Crippen MR) is 67.9 cm³/mol. The van der Waals surface area contributed by atoms with Gasteiger partial charge in [-0.2, -0.15) is 5.10 Å². The van der Waals surface area contributed by atoms with Crippen molar-refractivity contribution < 1.29 is 0 Å². The van der Waals surface area contributed by atoms with E-state index in [1.807, 2.05) is 0 Å². The Labute approximate surface area is 98.2 Å². The Kier molecular flexibility index (Phi) is 2.72. The molecule has 0 aliphatic carbocycles. The number of fused-ring (bicyclic) bond motifs is 1. The summed E-state index contributed by atoms with van der Waals surface area (Å²) in [7, 11) is 0. The summed E-state index contributed by atoms with van der Waals surface area (Å²) < 4.78 is 2.19. The number of anilines is 1. The fraction of sp³-hybridized carbons (Fsp3) is 0.769. The Hall–Kier alpha value is -0.990. The van der Waals surface area contributed by atoms with Crippen molar-refractivity contribution in [1.29, 1.82) is 0 Å². The van der Waals surface area contributed by atoms with Crippen LogP contribution in [-0.2, 0) is 5.41 Å². The van der Waals surface area contributed by atoms with E-state index in [0.717, 1.165) is 13.0 Å². The van der Waals surface area contributed by atoms with Gasteiger partial charge in [0.2, 0.25) is 0 Å². The number of hydrogen-bond acceptors (Lipinski definition) is 2. The second kappa shape index (κ2) is 3.79. The Morgan fingerprint density at radius 2 is 2.19 bits per heavy atom. The standard InChI is InChI=1S/C13H23N3/c1-6-10-9(2)8-14-12-7-11(13(3,4)5)15-16(10)12/h7,9-10,14H,6,8H2,1-5H3. The Morgan fingerprint density at radius 1 is 1.50 bits per heavy atom. The van der Waals surface area contributed by atoms with E-state index in [1.54, 1.807) is 0 Å². The third kappa shape index (κ3) is 1.83. The first-order valence-corrected chi connectivity index (χ1v) is 6.27. The minimum Gasteiger partial charge on any atom is -0.370 e. The number of rotatable bonds is 1. The van der Waals surface area contributed by atoms with Crippen LogP contribution in [0.1, 0.15) is 52.8 Å². The van der Waals surface area contributed by atoms with Crippen LogP contribution in [0.15, 0.2) is 6.07 Å². The summed E-state index contributed by atoms with van der Waals surface area (Å²) in [6.45, 7) is 12.2. The van der Waals surface area contributed by atoms with Gasteiger partial charge in [-0.25, -0.2) is 4.68 Å². The monoisotopic (exact) mass is 221 g/mol. The fourth-order valence-corrected chi connectivity index (χ4v) is 2.36. The molecule has 0 aromatic carbocycles. The van der Waals surface area contributed by atoms with Gasteiger partial charge in [0.1, 0.15) is 5.82 Å². The average molecular weight is 221 g/mol. The second-order valence-corrected chi connectivity index (χ2v) is 5.94. The van der Waals surface area contributed by atoms with Gasteiger partial charge in [-0.3, -0.25) is 0 Å². The highest BCUT2D eigenvalue weighted by Gasteiger charge is 2.28. The highest BCUT2D eigenvalue weighted by atomic mass is 15.4. The smallest absolute Gasteiger partial charge is 0.124 e. The molecule has 1 aliphatic rings. The van der Waals surface area contributed by atoms with Gasteiger partial charge in [-0.15, -0.1) is 0 Å². The van der Waals surface area contributed by atoms with Crippen LogP contribution in [0, 0.1) is 5.92 Å². The molecule has 1 aromatic rings. The maximum absolute atomic E-state index is 4.78. The molecule has 90 valence electrons. The van der Waals surface area contributed by atoms with Gasteiger partial charge in [0.15, 0.2) is 0 Å². The lowest BCUT2D eigenvalue weighted by Gasteiger charge is -2.30. The molecule has 2 heterocycles. The van der Waals surface area contributed by atoms with Crippen LogP contribution in [0.4, 0.5) is 5.82 Å². The molecule has 0 bridgehead atoms. The van der Waals surface area contributed by atoms with E-state index in [2.05, 4.69) is 50.7 Å². The van der Waals surface area contributed by atoms with Crippen LogP contribution in [0.5, 0.6) is 0 Å². The van der Waals surface area contributed by atoms with Crippen molar-refractivity contribution in [1.82, 2.24) is 9.78 Å². The van der Waals surface area contributed by atoms with Gasteiger partial charge in [0, 0.05) is 18.0 Å². The molecular formula is C13H23N3. The van der Waals surface area contributed by atoms with Gasteiger partial charge in [-0.1, -0.05) is 34.6 Å². The molecule has 2 rings (SSSR count). The van der Waals surface area contributed by atoms with Gasteiger partial charge < -0.3 is 5.32 Å². The molecular weight excluding hydrogens is 198 g/mol. The highest BCUT2D eigenvalue weighted by Crippen LogP contribution is 2.33. The van der Waals surface area contributed by atoms with Crippen LogP contribution in [0.3, 0.4) is 0 Å². The van der Waals surface area contributed by atoms with E-state index in [0.29, 0.717) is 12.0 Å². The molecule has 0 amide bonds. The largest absolute Gasteiger partial charge is 0.370 e. The normalized spacial score (nSPS) is 25.1. The van der Waals surface area contributed by atoms with Crippen molar-refractivity contribution in [3.63, 3.8) is 0 Å². The Bertz CT molecular complexity index is 373. The maximum Gasteiger partial charge on any atom is 0.124 e. The van der Waals surface area contributed by atoms with Crippen molar-refractivity contribution in [2.24, 2.45) is 5.92 Å². The minimum absolute atomic E-state index is 0.132. The van der Waals surface area contributed by atoms with Crippen molar-refractivity contribution >= 4 is 5.82 Å². The van der Waals surface area contributed by atoms with Crippen LogP contribution in [-0.4, -0.2) is 16.3 Å². The lowest BCUT2D eigenvalue weighted by atomic mass is 9.92. The van der Waals surface area contributed by atoms with Gasteiger partial charge in [0.05, 0.1) is 11.7 Å². The van der Waals surface area contributed by atoms with E-state index < -0.39 is 0 Å². The van der Waals surface area contributed by atoms with E-state index in [4.69, 9.17) is 5.10 Å². The van der Waals surface area contributed by atoms with Gasteiger partial charge in [0.25, 0.3) is 0 Å². The number of aromatic nitrogens is 2. The topological polar surface area (TPSA) is 29.9 Å². The van der Waals surface area contributed by atoms with E-state index in [1.165, 1.54) is 11.5 Å². The summed E-state index contributed by atoms with van der Waals surface area (Å²) in [4.78, 5) is 0. The van der Waals surface area contributed by atoms with Crippen LogP contribution in [0.25, 0.3) is 0 Å². The van der Waals surface area contributed by atoms with Crippen molar-refractivity contribution in [3.05, 3.63) is 11.8 Å². The first-order valence-electron chi connectivity index (χ1n) is 6.27. The summed E-state index contributed by atoms with van der Waals surface area (Å²) in [6, 6.07) is 2.75. The molecule has 1 N–H and O–H groups in total. The molecule has 2 atom stereocenters. The maximum atomic E-state index is 4.78. The van der Waals surface area contributed by atoms with Crippen LogP contribution >= 0.6 is 0 Å². The third-order valence-electron chi connectivity index (χ3n) is 3.50. The van der Waals surface area contributed by atoms with Gasteiger partial charge >= 0.3 is 0 Å².